The Morgan fingerprint density at radius 1 is 1.06 bits per heavy atom. The number of ether oxygens (including phenoxy) is 3. The van der Waals surface area contributed by atoms with Gasteiger partial charge < -0.3 is 19.9 Å². The molecule has 1 atom stereocenters. The van der Waals surface area contributed by atoms with Gasteiger partial charge in [0.25, 0.3) is 0 Å². The number of hydrogen-bond donors (Lipinski definition) is 1. The fourth-order valence-corrected chi connectivity index (χ4v) is 3.89. The maximum atomic E-state index is 12.7. The molecule has 0 saturated carbocycles. The van der Waals surface area contributed by atoms with Crippen molar-refractivity contribution in [2.75, 3.05) is 6.61 Å². The minimum atomic E-state index is -0.509. The Morgan fingerprint density at radius 2 is 1.85 bits per heavy atom. The van der Waals surface area contributed by atoms with Gasteiger partial charge in [-0.1, -0.05) is 50.2 Å². The number of nitrogens with two attached hydrogens (primary N) is 1. The molecule has 6 nitrogen and oxygen atoms in total. The van der Waals surface area contributed by atoms with Gasteiger partial charge in [-0.2, -0.15) is 5.26 Å². The highest BCUT2D eigenvalue weighted by Crippen LogP contribution is 2.43. The predicted octanol–water partition coefficient (Wildman–Crippen LogP) is 5.48. The molecule has 0 radical (unpaired) electrons. The Morgan fingerprint density at radius 3 is 2.56 bits per heavy atom. The predicted molar refractivity (Wildman–Crippen MR) is 129 cm³/mol. The van der Waals surface area contributed by atoms with E-state index in [4.69, 9.17) is 19.9 Å². The molecule has 2 N–H and O–H groups in total. The Balaban J connectivity index is 1.61. The van der Waals surface area contributed by atoms with Crippen molar-refractivity contribution in [2.24, 2.45) is 5.73 Å². The van der Waals surface area contributed by atoms with Crippen LogP contribution in [0.25, 0.3) is 0 Å². The molecular weight excluding hydrogens is 428 g/mol. The molecule has 4 rings (SSSR count). The van der Waals surface area contributed by atoms with Gasteiger partial charge in [0.15, 0.2) is 0 Å². The lowest BCUT2D eigenvalue weighted by atomic mass is 9.83. The Bertz CT molecular complexity index is 1270. The molecule has 1 aliphatic rings. The summed E-state index contributed by atoms with van der Waals surface area (Å²) in [5.74, 6) is 0.554. The highest BCUT2D eigenvalue weighted by Gasteiger charge is 2.31. The summed E-state index contributed by atoms with van der Waals surface area (Å²) in [7, 11) is 0. The van der Waals surface area contributed by atoms with Crippen LogP contribution in [0, 0.1) is 11.3 Å². The summed E-state index contributed by atoms with van der Waals surface area (Å²) in [4.78, 5) is 12.7. The summed E-state index contributed by atoms with van der Waals surface area (Å²) >= 11 is 0. The SMILES string of the molecule is CCCOc1cccc(C(=O)Oc2ccc3c(c2)OC(N)=C(C#N)C3c2ccc(CC)cc2)c1. The lowest BCUT2D eigenvalue weighted by molar-refractivity contribution is 0.0734. The molecule has 3 aromatic rings. The third-order valence-corrected chi connectivity index (χ3v) is 5.66. The Labute approximate surface area is 199 Å². The second kappa shape index (κ2) is 10.1. The van der Waals surface area contributed by atoms with Gasteiger partial charge in [0.05, 0.1) is 18.1 Å². The van der Waals surface area contributed by atoms with Crippen molar-refractivity contribution in [3.63, 3.8) is 0 Å². The van der Waals surface area contributed by atoms with Crippen molar-refractivity contribution in [1.29, 1.82) is 5.26 Å². The number of allylic oxidation sites excluding steroid dienone is 1. The van der Waals surface area contributed by atoms with Gasteiger partial charge in [-0.15, -0.1) is 0 Å². The van der Waals surface area contributed by atoms with Gasteiger partial charge in [0, 0.05) is 11.6 Å². The van der Waals surface area contributed by atoms with Crippen LogP contribution in [0.3, 0.4) is 0 Å². The molecule has 0 fully saturated rings. The average Bonchev–Trinajstić information content (AvgIpc) is 2.86. The zero-order chi connectivity index (χ0) is 24.1. The van der Waals surface area contributed by atoms with Crippen molar-refractivity contribution in [3.8, 4) is 23.3 Å². The number of benzene rings is 3. The first kappa shape index (κ1) is 22.9. The quantitative estimate of drug-likeness (QED) is 0.375. The van der Waals surface area contributed by atoms with Crippen LogP contribution >= 0.6 is 0 Å². The monoisotopic (exact) mass is 454 g/mol. The van der Waals surface area contributed by atoms with Crippen molar-refractivity contribution in [2.45, 2.75) is 32.6 Å². The fourth-order valence-electron chi connectivity index (χ4n) is 3.89. The highest BCUT2D eigenvalue weighted by molar-refractivity contribution is 5.91. The first-order valence-corrected chi connectivity index (χ1v) is 11.3. The van der Waals surface area contributed by atoms with Crippen LogP contribution in [0.5, 0.6) is 17.2 Å². The third-order valence-electron chi connectivity index (χ3n) is 5.66. The summed E-state index contributed by atoms with van der Waals surface area (Å²) in [6.45, 7) is 4.68. The van der Waals surface area contributed by atoms with Gasteiger partial charge in [0.1, 0.15) is 28.9 Å². The summed E-state index contributed by atoms with van der Waals surface area (Å²) in [6, 6.07) is 22.3. The zero-order valence-corrected chi connectivity index (χ0v) is 19.2. The first-order valence-electron chi connectivity index (χ1n) is 11.3. The van der Waals surface area contributed by atoms with E-state index >= 15 is 0 Å². The smallest absolute Gasteiger partial charge is 0.343 e. The van der Waals surface area contributed by atoms with Crippen LogP contribution in [-0.4, -0.2) is 12.6 Å². The minimum Gasteiger partial charge on any atom is -0.494 e. The van der Waals surface area contributed by atoms with Crippen LogP contribution < -0.4 is 19.9 Å². The van der Waals surface area contributed by atoms with Crippen molar-refractivity contribution in [3.05, 3.63) is 100 Å². The summed E-state index contributed by atoms with van der Waals surface area (Å²) in [5, 5.41) is 9.75. The minimum absolute atomic E-state index is 0.0452. The second-order valence-electron chi connectivity index (χ2n) is 7.99. The number of nitrogens with zero attached hydrogens (tertiary/aromatic N) is 1. The number of hydrogen-bond acceptors (Lipinski definition) is 6. The van der Waals surface area contributed by atoms with E-state index in [0.717, 1.165) is 24.0 Å². The van der Waals surface area contributed by atoms with Gasteiger partial charge in [0.2, 0.25) is 5.88 Å². The molecule has 0 bridgehead atoms. The first-order chi connectivity index (χ1) is 16.5. The summed E-state index contributed by atoms with van der Waals surface area (Å²) < 4.78 is 16.9. The molecule has 1 aliphatic heterocycles. The number of carbonyl (C=O) groups is 1. The molecular formula is C28H26N2O4. The molecule has 172 valence electrons. The molecule has 0 saturated heterocycles. The van der Waals surface area contributed by atoms with Crippen molar-refractivity contribution < 1.29 is 19.0 Å². The van der Waals surface area contributed by atoms with E-state index in [-0.39, 0.29) is 11.8 Å². The molecule has 34 heavy (non-hydrogen) atoms. The average molecular weight is 455 g/mol. The number of rotatable bonds is 7. The van der Waals surface area contributed by atoms with E-state index in [1.165, 1.54) is 5.56 Å². The molecule has 0 aromatic heterocycles. The van der Waals surface area contributed by atoms with Crippen molar-refractivity contribution >= 4 is 5.97 Å². The number of fused-ring (bicyclic) bond motifs is 1. The van der Waals surface area contributed by atoms with E-state index in [1.807, 2.05) is 31.2 Å². The Hall–Kier alpha value is -4.24. The molecule has 1 heterocycles. The van der Waals surface area contributed by atoms with Crippen LogP contribution in [0.4, 0.5) is 0 Å². The van der Waals surface area contributed by atoms with Crippen LogP contribution in [0.15, 0.2) is 78.2 Å². The fraction of sp³-hybridized carbons (Fsp3) is 0.214. The number of esters is 1. The van der Waals surface area contributed by atoms with E-state index in [0.29, 0.717) is 35.0 Å². The molecule has 0 aliphatic carbocycles. The standard InChI is InChI=1S/C28H26N2O4/c1-3-14-32-21-7-5-6-20(15-21)28(31)33-22-12-13-23-25(16-22)34-27(30)24(17-29)26(23)19-10-8-18(4-2)9-11-19/h5-13,15-16,26H,3-4,14,30H2,1-2H3. The lowest BCUT2D eigenvalue weighted by Crippen LogP contribution is -2.21. The van der Waals surface area contributed by atoms with E-state index in [9.17, 15) is 10.1 Å². The van der Waals surface area contributed by atoms with E-state index in [2.05, 4.69) is 13.0 Å². The zero-order valence-electron chi connectivity index (χ0n) is 19.2. The molecule has 6 heteroatoms. The second-order valence-corrected chi connectivity index (χ2v) is 7.99. The van der Waals surface area contributed by atoms with E-state index < -0.39 is 5.97 Å². The molecule has 1 unspecified atom stereocenters. The normalized spacial score (nSPS) is 14.6. The van der Waals surface area contributed by atoms with Crippen LogP contribution in [0.1, 0.15) is 53.2 Å². The lowest BCUT2D eigenvalue weighted by Gasteiger charge is -2.26. The maximum absolute atomic E-state index is 12.7. The van der Waals surface area contributed by atoms with Gasteiger partial charge >= 0.3 is 5.97 Å². The molecule has 3 aromatic carbocycles. The third kappa shape index (κ3) is 4.74. The highest BCUT2D eigenvalue weighted by atomic mass is 16.5. The Kier molecular flexibility index (Phi) is 6.84. The summed E-state index contributed by atoms with van der Waals surface area (Å²) in [6.07, 6.45) is 1.80. The van der Waals surface area contributed by atoms with Gasteiger partial charge in [-0.3, -0.25) is 0 Å². The summed E-state index contributed by atoms with van der Waals surface area (Å²) in [5.41, 5.74) is 9.76. The van der Waals surface area contributed by atoms with Crippen LogP contribution in [-0.2, 0) is 6.42 Å². The molecule has 0 amide bonds. The number of aryl methyl sites for hydroxylation is 1. The largest absolute Gasteiger partial charge is 0.494 e. The maximum Gasteiger partial charge on any atom is 0.343 e. The van der Waals surface area contributed by atoms with Gasteiger partial charge in [-0.25, -0.2) is 4.79 Å². The number of nitriles is 1. The van der Waals surface area contributed by atoms with Gasteiger partial charge in [-0.05, 0) is 48.2 Å². The number of carbonyl (C=O) groups excluding carboxylic acids is 1. The molecule has 0 spiro atoms. The van der Waals surface area contributed by atoms with E-state index in [1.54, 1.807) is 42.5 Å². The topological polar surface area (TPSA) is 94.6 Å². The van der Waals surface area contributed by atoms with Crippen molar-refractivity contribution in [1.82, 2.24) is 0 Å². The van der Waals surface area contributed by atoms with Crippen LogP contribution in [0.2, 0.25) is 0 Å².